The zero-order valence-electron chi connectivity index (χ0n) is 16.0. The van der Waals surface area contributed by atoms with E-state index in [9.17, 15) is 4.39 Å². The fourth-order valence-electron chi connectivity index (χ4n) is 4.22. The first-order chi connectivity index (χ1) is 13.2. The number of H-pyrrole nitrogens is 1. The third-order valence-electron chi connectivity index (χ3n) is 5.88. The monoisotopic (exact) mass is 365 g/mol. The lowest BCUT2D eigenvalue weighted by atomic mass is 10.0. The van der Waals surface area contributed by atoms with Gasteiger partial charge in [-0.15, -0.1) is 0 Å². The molecule has 1 aliphatic rings. The van der Waals surface area contributed by atoms with E-state index in [0.29, 0.717) is 6.04 Å². The lowest BCUT2D eigenvalue weighted by Gasteiger charge is -2.36. The third-order valence-corrected chi connectivity index (χ3v) is 5.88. The van der Waals surface area contributed by atoms with Gasteiger partial charge in [-0.3, -0.25) is 4.90 Å². The molecule has 2 heterocycles. The molecule has 1 N–H and O–H groups in total. The number of nitrogens with zero attached hydrogens (tertiary/aromatic N) is 2. The van der Waals surface area contributed by atoms with E-state index in [0.717, 1.165) is 43.5 Å². The Morgan fingerprint density at radius 1 is 1.11 bits per heavy atom. The van der Waals surface area contributed by atoms with Crippen LogP contribution in [-0.2, 0) is 13.0 Å². The number of halogens is 1. The largest absolute Gasteiger partial charge is 0.361 e. The lowest BCUT2D eigenvalue weighted by Crippen LogP contribution is -2.43. The first-order valence-electron chi connectivity index (χ1n) is 9.91. The van der Waals surface area contributed by atoms with E-state index in [1.54, 1.807) is 6.07 Å². The highest BCUT2D eigenvalue weighted by atomic mass is 19.1. The molecule has 1 fully saturated rings. The second-order valence-electron chi connectivity index (χ2n) is 7.73. The molecule has 0 bridgehead atoms. The number of likely N-dealkylation sites (tertiary alicyclic amines) is 1. The van der Waals surface area contributed by atoms with E-state index in [4.69, 9.17) is 0 Å². The number of rotatable bonds is 6. The van der Waals surface area contributed by atoms with Gasteiger partial charge in [0.25, 0.3) is 0 Å². The summed E-state index contributed by atoms with van der Waals surface area (Å²) >= 11 is 0. The summed E-state index contributed by atoms with van der Waals surface area (Å²) in [7, 11) is 2.24. The summed E-state index contributed by atoms with van der Waals surface area (Å²) in [5, 5.41) is 1.02. The summed E-state index contributed by atoms with van der Waals surface area (Å²) in [5.74, 6) is -0.161. The Morgan fingerprint density at radius 3 is 2.67 bits per heavy atom. The van der Waals surface area contributed by atoms with Crippen LogP contribution in [0.1, 0.15) is 24.0 Å². The molecular formula is C23H28FN3. The molecule has 27 heavy (non-hydrogen) atoms. The molecule has 1 aliphatic heterocycles. The highest BCUT2D eigenvalue weighted by Crippen LogP contribution is 2.22. The maximum absolute atomic E-state index is 13.5. The minimum absolute atomic E-state index is 0.161. The van der Waals surface area contributed by atoms with Crippen LogP contribution < -0.4 is 0 Å². The first kappa shape index (κ1) is 18.2. The van der Waals surface area contributed by atoms with Gasteiger partial charge in [0.15, 0.2) is 0 Å². The van der Waals surface area contributed by atoms with Crippen LogP contribution in [0.4, 0.5) is 4.39 Å². The molecule has 3 nitrogen and oxygen atoms in total. The number of hydrogen-bond donors (Lipinski definition) is 1. The van der Waals surface area contributed by atoms with Gasteiger partial charge < -0.3 is 9.88 Å². The first-order valence-corrected chi connectivity index (χ1v) is 9.91. The fraction of sp³-hybridized carbons (Fsp3) is 0.391. The predicted molar refractivity (Wildman–Crippen MR) is 109 cm³/mol. The Balaban J connectivity index is 1.27. The highest BCUT2D eigenvalue weighted by molar-refractivity contribution is 5.83. The minimum Gasteiger partial charge on any atom is -0.361 e. The highest BCUT2D eigenvalue weighted by Gasteiger charge is 2.22. The van der Waals surface area contributed by atoms with Crippen LogP contribution >= 0.6 is 0 Å². The van der Waals surface area contributed by atoms with Crippen LogP contribution in [0, 0.1) is 5.82 Å². The molecule has 4 heteroatoms. The van der Waals surface area contributed by atoms with Crippen LogP contribution in [-0.4, -0.2) is 47.5 Å². The van der Waals surface area contributed by atoms with Gasteiger partial charge >= 0.3 is 0 Å². The summed E-state index contributed by atoms with van der Waals surface area (Å²) in [6.07, 6.45) is 5.43. The van der Waals surface area contributed by atoms with Crippen molar-refractivity contribution < 1.29 is 4.39 Å². The molecule has 0 saturated carbocycles. The van der Waals surface area contributed by atoms with Crippen molar-refractivity contribution in [3.63, 3.8) is 0 Å². The number of piperidine rings is 1. The summed E-state index contributed by atoms with van der Waals surface area (Å²) < 4.78 is 13.5. The normalized spacial score (nSPS) is 16.4. The molecule has 3 aromatic rings. The van der Waals surface area contributed by atoms with Crippen LogP contribution in [0.2, 0.25) is 0 Å². The maximum atomic E-state index is 13.5. The minimum atomic E-state index is -0.161. The van der Waals surface area contributed by atoms with Gasteiger partial charge in [-0.25, -0.2) is 4.39 Å². The summed E-state index contributed by atoms with van der Waals surface area (Å²) in [6.45, 7) is 4.34. The average molecular weight is 365 g/mol. The molecule has 0 amide bonds. The van der Waals surface area contributed by atoms with Gasteiger partial charge in [0, 0.05) is 36.2 Å². The van der Waals surface area contributed by atoms with Gasteiger partial charge in [0.1, 0.15) is 5.82 Å². The molecule has 0 aliphatic carbocycles. The second kappa shape index (κ2) is 8.24. The number of aromatic nitrogens is 1. The van der Waals surface area contributed by atoms with E-state index in [2.05, 4.69) is 52.2 Å². The molecule has 4 rings (SSSR count). The summed E-state index contributed by atoms with van der Waals surface area (Å²) in [5.41, 5.74) is 3.62. The summed E-state index contributed by atoms with van der Waals surface area (Å²) in [6, 6.07) is 16.3. The predicted octanol–water partition coefficient (Wildman–Crippen LogP) is 4.45. The molecular weight excluding hydrogens is 337 g/mol. The van der Waals surface area contributed by atoms with Crippen molar-refractivity contribution in [2.45, 2.75) is 31.8 Å². The van der Waals surface area contributed by atoms with E-state index >= 15 is 0 Å². The number of aromatic amines is 1. The number of fused-ring (bicyclic) bond motifs is 1. The van der Waals surface area contributed by atoms with Gasteiger partial charge in [-0.2, -0.15) is 0 Å². The van der Waals surface area contributed by atoms with Gasteiger partial charge in [-0.05, 0) is 68.7 Å². The van der Waals surface area contributed by atoms with Crippen molar-refractivity contribution >= 4 is 10.9 Å². The SMILES string of the molecule is CN(Cc1ccccc1)C1CCN(CCc2c[nH]c3ccc(F)cc23)CC1. The van der Waals surface area contributed by atoms with Crippen LogP contribution in [0.25, 0.3) is 10.9 Å². The van der Waals surface area contributed by atoms with Crippen LogP contribution in [0.3, 0.4) is 0 Å². The molecule has 0 unspecified atom stereocenters. The molecule has 0 atom stereocenters. The van der Waals surface area contributed by atoms with Gasteiger partial charge in [0.2, 0.25) is 0 Å². The quantitative estimate of drug-likeness (QED) is 0.697. The Labute approximate surface area is 160 Å². The number of benzene rings is 2. The molecule has 0 radical (unpaired) electrons. The third kappa shape index (κ3) is 4.40. The smallest absolute Gasteiger partial charge is 0.123 e. The number of hydrogen-bond acceptors (Lipinski definition) is 2. The molecule has 0 spiro atoms. The lowest BCUT2D eigenvalue weighted by molar-refractivity contribution is 0.124. The average Bonchev–Trinajstić information content (AvgIpc) is 3.09. The van der Waals surface area contributed by atoms with E-state index in [1.165, 1.54) is 30.0 Å². The van der Waals surface area contributed by atoms with E-state index < -0.39 is 0 Å². The van der Waals surface area contributed by atoms with Crippen molar-refractivity contribution in [3.8, 4) is 0 Å². The zero-order valence-corrected chi connectivity index (χ0v) is 16.0. The van der Waals surface area contributed by atoms with Crippen LogP contribution in [0.15, 0.2) is 54.7 Å². The van der Waals surface area contributed by atoms with Gasteiger partial charge in [-0.1, -0.05) is 30.3 Å². The van der Waals surface area contributed by atoms with E-state index in [1.807, 2.05) is 12.3 Å². The number of nitrogens with one attached hydrogen (secondary N) is 1. The molecule has 1 aromatic heterocycles. The van der Waals surface area contributed by atoms with Crippen molar-refractivity contribution in [2.24, 2.45) is 0 Å². The molecule has 2 aromatic carbocycles. The van der Waals surface area contributed by atoms with Crippen molar-refractivity contribution in [1.82, 2.24) is 14.8 Å². The second-order valence-corrected chi connectivity index (χ2v) is 7.73. The Kier molecular flexibility index (Phi) is 5.55. The van der Waals surface area contributed by atoms with Gasteiger partial charge in [0.05, 0.1) is 0 Å². The van der Waals surface area contributed by atoms with Crippen LogP contribution in [0.5, 0.6) is 0 Å². The van der Waals surface area contributed by atoms with Crippen molar-refractivity contribution in [1.29, 1.82) is 0 Å². The Hall–Kier alpha value is -2.17. The fourth-order valence-corrected chi connectivity index (χ4v) is 4.22. The van der Waals surface area contributed by atoms with Crippen molar-refractivity contribution in [3.05, 3.63) is 71.7 Å². The molecule has 1 saturated heterocycles. The Bertz CT molecular complexity index is 866. The topological polar surface area (TPSA) is 22.3 Å². The zero-order chi connectivity index (χ0) is 18.6. The molecule has 142 valence electrons. The standard InChI is InChI=1S/C23H28FN3/c1-26(17-18-5-3-2-4-6-18)21-10-13-27(14-11-21)12-9-19-16-25-23-8-7-20(24)15-22(19)23/h2-8,15-16,21,25H,9-14,17H2,1H3. The maximum Gasteiger partial charge on any atom is 0.123 e. The Morgan fingerprint density at radius 2 is 1.89 bits per heavy atom. The van der Waals surface area contributed by atoms with Crippen molar-refractivity contribution in [2.75, 3.05) is 26.7 Å². The summed E-state index contributed by atoms with van der Waals surface area (Å²) in [4.78, 5) is 8.30. The van der Waals surface area contributed by atoms with E-state index in [-0.39, 0.29) is 5.82 Å².